The zero-order chi connectivity index (χ0) is 16.6. The number of para-hydroxylation sites is 1. The van der Waals surface area contributed by atoms with Crippen LogP contribution in [0.15, 0.2) is 23.0 Å². The molecule has 5 nitrogen and oxygen atoms in total. The summed E-state index contributed by atoms with van der Waals surface area (Å²) in [5, 5.41) is 9.79. The van der Waals surface area contributed by atoms with Gasteiger partial charge in [-0.05, 0) is 6.07 Å². The molecule has 0 spiro atoms. The number of benzene rings is 1. The highest BCUT2D eigenvalue weighted by Gasteiger charge is 2.22. The summed E-state index contributed by atoms with van der Waals surface area (Å²) >= 11 is 0. The number of rotatable bonds is 3. The highest BCUT2D eigenvalue weighted by Crippen LogP contribution is 2.24. The molecular formula is C17H20FN3O2. The first-order chi connectivity index (χ1) is 11.0. The molecule has 122 valence electrons. The number of hydrogen-bond acceptors (Lipinski definition) is 4. The predicted octanol–water partition coefficient (Wildman–Crippen LogP) is 2.30. The normalized spacial score (nSPS) is 15.0. The average Bonchev–Trinajstić information content (AvgIpc) is 2.52. The lowest BCUT2D eigenvalue weighted by Gasteiger charge is -2.28. The Bertz CT molecular complexity index is 786. The lowest BCUT2D eigenvalue weighted by atomic mass is 10.0. The monoisotopic (exact) mass is 317 g/mol. The molecule has 0 amide bonds. The van der Waals surface area contributed by atoms with Crippen molar-refractivity contribution in [3.63, 3.8) is 0 Å². The van der Waals surface area contributed by atoms with Crippen LogP contribution in [0.3, 0.4) is 0 Å². The van der Waals surface area contributed by atoms with Gasteiger partial charge in [-0.25, -0.2) is 9.37 Å². The minimum Gasteiger partial charge on any atom is -0.505 e. The smallest absolute Gasteiger partial charge is 0.255 e. The lowest BCUT2D eigenvalue weighted by Crippen LogP contribution is -2.36. The quantitative estimate of drug-likeness (QED) is 0.911. The van der Waals surface area contributed by atoms with Crippen LogP contribution >= 0.6 is 0 Å². The first-order valence-corrected chi connectivity index (χ1v) is 7.76. The van der Waals surface area contributed by atoms with Gasteiger partial charge in [0.1, 0.15) is 5.82 Å². The molecule has 0 fully saturated rings. The fraction of sp³-hybridized carbons (Fsp3) is 0.412. The Hall–Kier alpha value is -2.21. The van der Waals surface area contributed by atoms with Crippen LogP contribution in [0.1, 0.15) is 42.4 Å². The Labute approximate surface area is 133 Å². The standard InChI is InChI=1S/C17H20FN3O2/c1-10(2)16-19-14-6-7-21(9-12(14)17(23)20-16)8-11-4-3-5-13(18)15(11)22/h3-5,10,22H,6-9H2,1-2H3,(H,19,20,23). The van der Waals surface area contributed by atoms with Crippen LogP contribution in [-0.2, 0) is 19.5 Å². The third kappa shape index (κ3) is 3.12. The van der Waals surface area contributed by atoms with E-state index >= 15 is 0 Å². The Morgan fingerprint density at radius 3 is 2.96 bits per heavy atom. The van der Waals surface area contributed by atoms with E-state index in [2.05, 4.69) is 9.97 Å². The molecule has 3 rings (SSSR count). The van der Waals surface area contributed by atoms with Gasteiger partial charge >= 0.3 is 0 Å². The molecule has 1 aliphatic rings. The minimum atomic E-state index is -0.624. The highest BCUT2D eigenvalue weighted by molar-refractivity contribution is 5.33. The molecule has 0 saturated heterocycles. The number of phenolic OH excluding ortho intramolecular Hbond substituents is 1. The van der Waals surface area contributed by atoms with Gasteiger partial charge < -0.3 is 10.1 Å². The molecule has 0 radical (unpaired) electrons. The number of nitrogens with one attached hydrogen (secondary N) is 1. The number of aromatic amines is 1. The fourth-order valence-corrected chi connectivity index (χ4v) is 2.84. The van der Waals surface area contributed by atoms with Crippen LogP contribution in [0.2, 0.25) is 0 Å². The Morgan fingerprint density at radius 2 is 2.22 bits per heavy atom. The summed E-state index contributed by atoms with van der Waals surface area (Å²) in [5.41, 5.74) is 1.93. The minimum absolute atomic E-state index is 0.105. The van der Waals surface area contributed by atoms with E-state index in [1.807, 2.05) is 18.7 Å². The third-order valence-corrected chi connectivity index (χ3v) is 4.18. The summed E-state index contributed by atoms with van der Waals surface area (Å²) in [6.45, 7) is 5.55. The van der Waals surface area contributed by atoms with Crippen molar-refractivity contribution in [3.8, 4) is 5.75 Å². The second kappa shape index (κ2) is 6.12. The van der Waals surface area contributed by atoms with Crippen molar-refractivity contribution >= 4 is 0 Å². The Kier molecular flexibility index (Phi) is 4.17. The summed E-state index contributed by atoms with van der Waals surface area (Å²) in [6.07, 6.45) is 0.676. The number of aromatic nitrogens is 2. The van der Waals surface area contributed by atoms with Gasteiger partial charge in [0.05, 0.1) is 11.3 Å². The van der Waals surface area contributed by atoms with E-state index in [1.54, 1.807) is 12.1 Å². The van der Waals surface area contributed by atoms with Gasteiger partial charge in [0.25, 0.3) is 5.56 Å². The van der Waals surface area contributed by atoms with E-state index < -0.39 is 5.82 Å². The number of nitrogens with zero attached hydrogens (tertiary/aromatic N) is 2. The topological polar surface area (TPSA) is 69.2 Å². The predicted molar refractivity (Wildman–Crippen MR) is 84.8 cm³/mol. The van der Waals surface area contributed by atoms with Gasteiger partial charge in [-0.2, -0.15) is 0 Å². The van der Waals surface area contributed by atoms with E-state index in [9.17, 15) is 14.3 Å². The maximum Gasteiger partial charge on any atom is 0.255 e. The lowest BCUT2D eigenvalue weighted by molar-refractivity contribution is 0.237. The third-order valence-electron chi connectivity index (χ3n) is 4.18. The fourth-order valence-electron chi connectivity index (χ4n) is 2.84. The van der Waals surface area contributed by atoms with Crippen LogP contribution < -0.4 is 5.56 Å². The number of phenols is 1. The molecule has 0 saturated carbocycles. The molecule has 0 bridgehead atoms. The van der Waals surface area contributed by atoms with Gasteiger partial charge in [-0.3, -0.25) is 9.69 Å². The molecule has 0 aliphatic carbocycles. The maximum atomic E-state index is 13.4. The summed E-state index contributed by atoms with van der Waals surface area (Å²) in [6, 6.07) is 4.50. The molecule has 6 heteroatoms. The van der Waals surface area contributed by atoms with E-state index in [0.29, 0.717) is 36.5 Å². The summed E-state index contributed by atoms with van der Waals surface area (Å²) in [7, 11) is 0. The number of halogens is 1. The zero-order valence-corrected chi connectivity index (χ0v) is 13.3. The first-order valence-electron chi connectivity index (χ1n) is 7.76. The molecule has 2 aromatic rings. The van der Waals surface area contributed by atoms with E-state index in [4.69, 9.17) is 0 Å². The van der Waals surface area contributed by atoms with Crippen LogP contribution in [0, 0.1) is 5.82 Å². The van der Waals surface area contributed by atoms with Crippen LogP contribution in [0.4, 0.5) is 4.39 Å². The summed E-state index contributed by atoms with van der Waals surface area (Å²) < 4.78 is 13.4. The van der Waals surface area contributed by atoms with E-state index in [0.717, 1.165) is 12.2 Å². The van der Waals surface area contributed by atoms with Crippen molar-refractivity contribution in [3.05, 3.63) is 57.0 Å². The molecule has 2 heterocycles. The van der Waals surface area contributed by atoms with Crippen molar-refractivity contribution in [2.45, 2.75) is 39.3 Å². The SMILES string of the molecule is CC(C)c1nc2c(c(=O)[nH]1)CN(Cc1cccc(F)c1O)CC2. The van der Waals surface area contributed by atoms with Crippen molar-refractivity contribution in [2.75, 3.05) is 6.54 Å². The second-order valence-electron chi connectivity index (χ2n) is 6.24. The van der Waals surface area contributed by atoms with Crippen molar-refractivity contribution in [1.82, 2.24) is 14.9 Å². The first kappa shape index (κ1) is 15.7. The van der Waals surface area contributed by atoms with Gasteiger partial charge in [0.2, 0.25) is 0 Å². The summed E-state index contributed by atoms with van der Waals surface area (Å²) in [4.78, 5) is 21.7. The number of aromatic hydroxyl groups is 1. The molecule has 0 unspecified atom stereocenters. The highest BCUT2D eigenvalue weighted by atomic mass is 19.1. The Morgan fingerprint density at radius 1 is 1.43 bits per heavy atom. The van der Waals surface area contributed by atoms with Crippen molar-refractivity contribution < 1.29 is 9.50 Å². The summed E-state index contributed by atoms with van der Waals surface area (Å²) in [5.74, 6) is -0.0540. The van der Waals surface area contributed by atoms with E-state index in [-0.39, 0.29) is 17.2 Å². The van der Waals surface area contributed by atoms with Gasteiger partial charge in [0.15, 0.2) is 11.6 Å². The van der Waals surface area contributed by atoms with Gasteiger partial charge in [-0.1, -0.05) is 26.0 Å². The molecule has 1 aromatic heterocycles. The van der Waals surface area contributed by atoms with Gasteiger partial charge in [0, 0.05) is 37.5 Å². The molecular weight excluding hydrogens is 297 g/mol. The molecule has 2 N–H and O–H groups in total. The van der Waals surface area contributed by atoms with E-state index in [1.165, 1.54) is 6.07 Å². The molecule has 23 heavy (non-hydrogen) atoms. The number of hydrogen-bond donors (Lipinski definition) is 2. The van der Waals surface area contributed by atoms with Crippen LogP contribution in [-0.4, -0.2) is 26.5 Å². The van der Waals surface area contributed by atoms with Crippen LogP contribution in [0.5, 0.6) is 5.75 Å². The van der Waals surface area contributed by atoms with Crippen molar-refractivity contribution in [2.24, 2.45) is 0 Å². The number of H-pyrrole nitrogens is 1. The van der Waals surface area contributed by atoms with Crippen LogP contribution in [0.25, 0.3) is 0 Å². The average molecular weight is 317 g/mol. The molecule has 1 aromatic carbocycles. The Balaban J connectivity index is 1.83. The largest absolute Gasteiger partial charge is 0.505 e. The zero-order valence-electron chi connectivity index (χ0n) is 13.3. The molecule has 1 aliphatic heterocycles. The maximum absolute atomic E-state index is 13.4. The second-order valence-corrected chi connectivity index (χ2v) is 6.24. The number of fused-ring (bicyclic) bond motifs is 1. The van der Waals surface area contributed by atoms with Crippen molar-refractivity contribution in [1.29, 1.82) is 0 Å². The molecule has 0 atom stereocenters. The van der Waals surface area contributed by atoms with Gasteiger partial charge in [-0.15, -0.1) is 0 Å².